The second-order valence-corrected chi connectivity index (χ2v) is 8.80. The van der Waals surface area contributed by atoms with Crippen molar-refractivity contribution in [2.75, 3.05) is 50.0 Å². The highest BCUT2D eigenvalue weighted by molar-refractivity contribution is 14.1. The first-order valence-corrected chi connectivity index (χ1v) is 11.7. The molecule has 1 aliphatic heterocycles. The predicted octanol–water partition coefficient (Wildman–Crippen LogP) is 4.05. The highest BCUT2D eigenvalue weighted by atomic mass is 127. The van der Waals surface area contributed by atoms with Crippen LogP contribution < -0.4 is 10.6 Å². The number of halogens is 1. The maximum absolute atomic E-state index is 12.8. The van der Waals surface area contributed by atoms with Crippen molar-refractivity contribution in [2.24, 2.45) is 0 Å². The van der Waals surface area contributed by atoms with Crippen LogP contribution in [0, 0.1) is 10.5 Å². The summed E-state index contributed by atoms with van der Waals surface area (Å²) in [5.41, 5.74) is 4.05. The van der Waals surface area contributed by atoms with Crippen molar-refractivity contribution in [1.29, 1.82) is 0 Å². The Morgan fingerprint density at radius 3 is 2.75 bits per heavy atom. The summed E-state index contributed by atoms with van der Waals surface area (Å²) in [5, 5.41) is 6.35. The van der Waals surface area contributed by atoms with Crippen LogP contribution in [0.15, 0.2) is 54.9 Å². The molecule has 0 bridgehead atoms. The molecule has 1 aromatic carbocycles. The lowest BCUT2D eigenvalue weighted by molar-refractivity contribution is 0.0398. The number of ether oxygens (including phenoxy) is 1. The van der Waals surface area contributed by atoms with Gasteiger partial charge in [0, 0.05) is 53.4 Å². The standard InChI is InChI=1S/C24H26IN5O2/c1-17-14-18(16-28-23(17)27-8-9-30-10-12-32-13-11-30)24(31)29-19-5-6-21(25)20(15-19)22-4-2-3-7-26-22/h2-7,14-16H,8-13H2,1H3,(H,27,28)(H,29,31). The molecular formula is C24H26IN5O2. The van der Waals surface area contributed by atoms with Gasteiger partial charge in [-0.25, -0.2) is 4.98 Å². The summed E-state index contributed by atoms with van der Waals surface area (Å²) >= 11 is 2.28. The molecule has 1 amide bonds. The van der Waals surface area contributed by atoms with Gasteiger partial charge in [-0.05, 0) is 71.5 Å². The molecule has 1 saturated heterocycles. The number of aromatic nitrogens is 2. The van der Waals surface area contributed by atoms with E-state index in [1.54, 1.807) is 12.4 Å². The van der Waals surface area contributed by atoms with Gasteiger partial charge in [0.15, 0.2) is 0 Å². The van der Waals surface area contributed by atoms with Gasteiger partial charge in [0.2, 0.25) is 0 Å². The number of hydrogen-bond acceptors (Lipinski definition) is 6. The van der Waals surface area contributed by atoms with E-state index in [4.69, 9.17) is 4.74 Å². The quantitative estimate of drug-likeness (QED) is 0.438. The average molecular weight is 543 g/mol. The monoisotopic (exact) mass is 543 g/mol. The summed E-state index contributed by atoms with van der Waals surface area (Å²) in [4.78, 5) is 24.1. The molecule has 7 nitrogen and oxygen atoms in total. The maximum atomic E-state index is 12.8. The van der Waals surface area contributed by atoms with E-state index in [2.05, 4.69) is 48.1 Å². The molecule has 4 rings (SSSR count). The molecule has 0 saturated carbocycles. The number of carbonyl (C=O) groups excluding carboxylic acids is 1. The molecule has 0 spiro atoms. The second-order valence-electron chi connectivity index (χ2n) is 7.63. The SMILES string of the molecule is Cc1cc(C(=O)Nc2ccc(I)c(-c3ccccn3)c2)cnc1NCCN1CCOCC1. The third-order valence-corrected chi connectivity index (χ3v) is 6.27. The molecule has 166 valence electrons. The molecule has 0 radical (unpaired) electrons. The van der Waals surface area contributed by atoms with E-state index in [-0.39, 0.29) is 5.91 Å². The van der Waals surface area contributed by atoms with E-state index in [1.165, 1.54) is 0 Å². The third kappa shape index (κ3) is 5.81. The third-order valence-electron chi connectivity index (χ3n) is 5.33. The van der Waals surface area contributed by atoms with E-state index in [9.17, 15) is 4.79 Å². The zero-order valence-electron chi connectivity index (χ0n) is 18.0. The lowest BCUT2D eigenvalue weighted by atomic mass is 10.1. The molecule has 32 heavy (non-hydrogen) atoms. The first-order chi connectivity index (χ1) is 15.6. The summed E-state index contributed by atoms with van der Waals surface area (Å²) in [6.07, 6.45) is 3.38. The Hall–Kier alpha value is -2.56. The van der Waals surface area contributed by atoms with Gasteiger partial charge in [-0.3, -0.25) is 14.7 Å². The summed E-state index contributed by atoms with van der Waals surface area (Å²) in [6, 6.07) is 13.5. The summed E-state index contributed by atoms with van der Waals surface area (Å²) < 4.78 is 6.45. The van der Waals surface area contributed by atoms with Crippen LogP contribution in [0.3, 0.4) is 0 Å². The highest BCUT2D eigenvalue weighted by Crippen LogP contribution is 2.27. The van der Waals surface area contributed by atoms with Gasteiger partial charge in [0.1, 0.15) is 5.82 Å². The van der Waals surface area contributed by atoms with E-state index in [1.807, 2.05) is 49.4 Å². The summed E-state index contributed by atoms with van der Waals surface area (Å²) in [5.74, 6) is 0.621. The molecule has 3 aromatic rings. The number of nitrogens with one attached hydrogen (secondary N) is 2. The van der Waals surface area contributed by atoms with Gasteiger partial charge in [0.05, 0.1) is 24.5 Å². The van der Waals surface area contributed by atoms with Crippen LogP contribution in [0.2, 0.25) is 0 Å². The lowest BCUT2D eigenvalue weighted by Gasteiger charge is -2.26. The highest BCUT2D eigenvalue weighted by Gasteiger charge is 2.13. The molecule has 1 aliphatic rings. The van der Waals surface area contributed by atoms with Gasteiger partial charge in [-0.15, -0.1) is 0 Å². The molecule has 8 heteroatoms. The van der Waals surface area contributed by atoms with Gasteiger partial charge >= 0.3 is 0 Å². The number of carbonyl (C=O) groups is 1. The fourth-order valence-corrected chi connectivity index (χ4v) is 4.18. The number of morpholine rings is 1. The van der Waals surface area contributed by atoms with Crippen molar-refractivity contribution >= 4 is 40.0 Å². The predicted molar refractivity (Wildman–Crippen MR) is 135 cm³/mol. The molecule has 3 heterocycles. The number of benzene rings is 1. The van der Waals surface area contributed by atoms with Crippen molar-refractivity contribution < 1.29 is 9.53 Å². The van der Waals surface area contributed by atoms with Crippen LogP contribution in [0.5, 0.6) is 0 Å². The van der Waals surface area contributed by atoms with Crippen LogP contribution in [0.1, 0.15) is 15.9 Å². The van der Waals surface area contributed by atoms with Crippen molar-refractivity contribution in [3.63, 3.8) is 0 Å². The molecular weight excluding hydrogens is 517 g/mol. The minimum absolute atomic E-state index is 0.186. The van der Waals surface area contributed by atoms with Gasteiger partial charge < -0.3 is 15.4 Å². The van der Waals surface area contributed by atoms with E-state index < -0.39 is 0 Å². The minimum atomic E-state index is -0.186. The van der Waals surface area contributed by atoms with Crippen LogP contribution in [0.4, 0.5) is 11.5 Å². The molecule has 2 aromatic heterocycles. The van der Waals surface area contributed by atoms with E-state index >= 15 is 0 Å². The van der Waals surface area contributed by atoms with Crippen LogP contribution in [-0.2, 0) is 4.74 Å². The smallest absolute Gasteiger partial charge is 0.257 e. The zero-order chi connectivity index (χ0) is 22.3. The first kappa shape index (κ1) is 22.6. The number of pyridine rings is 2. The zero-order valence-corrected chi connectivity index (χ0v) is 20.1. The topological polar surface area (TPSA) is 79.4 Å². The number of aryl methyl sites for hydroxylation is 1. The molecule has 0 unspecified atom stereocenters. The summed E-state index contributed by atoms with van der Waals surface area (Å²) in [7, 11) is 0. The first-order valence-electron chi connectivity index (χ1n) is 10.6. The minimum Gasteiger partial charge on any atom is -0.379 e. The normalized spacial score (nSPS) is 14.2. The van der Waals surface area contributed by atoms with E-state index in [0.717, 1.165) is 71.3 Å². The van der Waals surface area contributed by atoms with E-state index in [0.29, 0.717) is 5.56 Å². The number of hydrogen-bond donors (Lipinski definition) is 2. The fourth-order valence-electron chi connectivity index (χ4n) is 3.57. The van der Waals surface area contributed by atoms with Gasteiger partial charge in [0.25, 0.3) is 5.91 Å². The van der Waals surface area contributed by atoms with Crippen molar-refractivity contribution in [3.05, 3.63) is 69.6 Å². The van der Waals surface area contributed by atoms with Gasteiger partial charge in [-0.1, -0.05) is 6.07 Å². The lowest BCUT2D eigenvalue weighted by Crippen LogP contribution is -2.39. The fraction of sp³-hybridized carbons (Fsp3) is 0.292. The van der Waals surface area contributed by atoms with Crippen molar-refractivity contribution in [3.8, 4) is 11.3 Å². The largest absolute Gasteiger partial charge is 0.379 e. The Morgan fingerprint density at radius 2 is 2.00 bits per heavy atom. The Morgan fingerprint density at radius 1 is 1.16 bits per heavy atom. The van der Waals surface area contributed by atoms with Gasteiger partial charge in [-0.2, -0.15) is 0 Å². The molecule has 2 N–H and O–H groups in total. The number of anilines is 2. The Balaban J connectivity index is 1.39. The van der Waals surface area contributed by atoms with Crippen LogP contribution in [-0.4, -0.2) is 60.2 Å². The van der Waals surface area contributed by atoms with Crippen LogP contribution >= 0.6 is 22.6 Å². The molecule has 0 aliphatic carbocycles. The van der Waals surface area contributed by atoms with Crippen molar-refractivity contribution in [2.45, 2.75) is 6.92 Å². The number of nitrogens with zero attached hydrogens (tertiary/aromatic N) is 3. The maximum Gasteiger partial charge on any atom is 0.257 e. The number of rotatable bonds is 7. The van der Waals surface area contributed by atoms with Crippen LogP contribution in [0.25, 0.3) is 11.3 Å². The van der Waals surface area contributed by atoms with Crippen molar-refractivity contribution in [1.82, 2.24) is 14.9 Å². The number of amides is 1. The Bertz CT molecular complexity index is 1070. The molecule has 1 fully saturated rings. The average Bonchev–Trinajstić information content (AvgIpc) is 2.82. The Kier molecular flexibility index (Phi) is 7.67. The second kappa shape index (κ2) is 10.8. The molecule has 0 atom stereocenters. The summed E-state index contributed by atoms with van der Waals surface area (Å²) in [6.45, 7) is 7.24. The Labute approximate surface area is 201 Å².